The molecule has 0 radical (unpaired) electrons. The highest BCUT2D eigenvalue weighted by molar-refractivity contribution is 9.10. The van der Waals surface area contributed by atoms with Gasteiger partial charge >= 0.3 is 5.97 Å². The quantitative estimate of drug-likeness (QED) is 0.822. The number of phenolic OH excluding ortho intramolecular Hbond substituents is 1. The van der Waals surface area contributed by atoms with Gasteiger partial charge in [-0.15, -0.1) is 0 Å². The summed E-state index contributed by atoms with van der Waals surface area (Å²) in [6, 6.07) is 4.49. The molecule has 1 amide bonds. The molecule has 21 heavy (non-hydrogen) atoms. The fourth-order valence-electron chi connectivity index (χ4n) is 2.12. The average molecular weight is 358 g/mol. The van der Waals surface area contributed by atoms with Crippen molar-refractivity contribution < 1.29 is 19.4 Å². The van der Waals surface area contributed by atoms with E-state index in [-0.39, 0.29) is 35.9 Å². The molecule has 1 aromatic carbocycles. The number of hydrogen-bond acceptors (Lipinski definition) is 4. The molecule has 0 unspecified atom stereocenters. The fourth-order valence-corrected chi connectivity index (χ4v) is 2.48. The predicted molar refractivity (Wildman–Crippen MR) is 83.2 cm³/mol. The Kier molecular flexibility index (Phi) is 6.20. The van der Waals surface area contributed by atoms with Crippen molar-refractivity contribution in [2.24, 2.45) is 0 Å². The molecule has 116 valence electrons. The molecular weight excluding hydrogens is 338 g/mol. The first kappa shape index (κ1) is 17.5. The van der Waals surface area contributed by atoms with Crippen LogP contribution in [0.1, 0.15) is 38.1 Å². The monoisotopic (exact) mass is 357 g/mol. The topological polar surface area (TPSA) is 66.8 Å². The van der Waals surface area contributed by atoms with E-state index in [4.69, 9.17) is 4.74 Å². The van der Waals surface area contributed by atoms with Gasteiger partial charge in [-0.05, 0) is 45.9 Å². The number of halogens is 1. The van der Waals surface area contributed by atoms with Crippen LogP contribution in [0, 0.1) is 0 Å². The third kappa shape index (κ3) is 4.74. The lowest BCUT2D eigenvalue weighted by Crippen LogP contribution is -2.44. The molecule has 1 N–H and O–H groups in total. The first-order valence-corrected chi connectivity index (χ1v) is 7.50. The molecule has 0 aromatic heterocycles. The molecule has 0 atom stereocenters. The maximum atomic E-state index is 12.1. The summed E-state index contributed by atoms with van der Waals surface area (Å²) in [5.74, 6) is -1.17. The van der Waals surface area contributed by atoms with E-state index in [1.165, 1.54) is 12.1 Å². The number of nitrogens with zero attached hydrogens (tertiary/aromatic N) is 1. The van der Waals surface area contributed by atoms with Crippen molar-refractivity contribution in [3.63, 3.8) is 0 Å². The van der Waals surface area contributed by atoms with Crippen molar-refractivity contribution >= 4 is 27.8 Å². The standard InChI is InChI=1S/C15H20BrNO4/c1-9(2)17(10(3)4)14(19)8-21-15(20)12-7-11(16)5-6-13(12)18/h5-7,9-10,18H,8H2,1-4H3. The van der Waals surface area contributed by atoms with Crippen LogP contribution in [0.25, 0.3) is 0 Å². The molecule has 0 aliphatic carbocycles. The second kappa shape index (κ2) is 7.45. The molecule has 1 rings (SSSR count). The Morgan fingerprint density at radius 3 is 2.33 bits per heavy atom. The van der Waals surface area contributed by atoms with Crippen molar-refractivity contribution in [2.75, 3.05) is 6.61 Å². The highest BCUT2D eigenvalue weighted by Crippen LogP contribution is 2.22. The van der Waals surface area contributed by atoms with E-state index in [1.54, 1.807) is 11.0 Å². The lowest BCUT2D eigenvalue weighted by Gasteiger charge is -2.30. The number of rotatable bonds is 5. The van der Waals surface area contributed by atoms with E-state index in [0.29, 0.717) is 4.47 Å². The Balaban J connectivity index is 2.72. The minimum Gasteiger partial charge on any atom is -0.507 e. The van der Waals surface area contributed by atoms with Crippen LogP contribution in [-0.4, -0.2) is 40.6 Å². The molecule has 0 aliphatic rings. The molecule has 0 fully saturated rings. The Bertz CT molecular complexity index is 520. The number of amides is 1. The normalized spacial score (nSPS) is 10.8. The molecule has 0 spiro atoms. The molecule has 6 heteroatoms. The Morgan fingerprint density at radius 2 is 1.81 bits per heavy atom. The summed E-state index contributed by atoms with van der Waals surface area (Å²) >= 11 is 3.21. The zero-order valence-corrected chi connectivity index (χ0v) is 14.2. The number of esters is 1. The van der Waals surface area contributed by atoms with Crippen LogP contribution < -0.4 is 0 Å². The smallest absolute Gasteiger partial charge is 0.342 e. The molecule has 0 saturated heterocycles. The lowest BCUT2D eigenvalue weighted by atomic mass is 10.2. The molecule has 0 saturated carbocycles. The third-order valence-electron chi connectivity index (χ3n) is 2.91. The molecular formula is C15H20BrNO4. The van der Waals surface area contributed by atoms with Gasteiger partial charge in [-0.25, -0.2) is 4.79 Å². The van der Waals surface area contributed by atoms with Crippen LogP contribution in [-0.2, 0) is 9.53 Å². The van der Waals surface area contributed by atoms with Gasteiger partial charge in [0.2, 0.25) is 0 Å². The number of phenols is 1. The first-order chi connectivity index (χ1) is 9.73. The van der Waals surface area contributed by atoms with Crippen LogP contribution in [0.15, 0.2) is 22.7 Å². The van der Waals surface area contributed by atoms with E-state index in [9.17, 15) is 14.7 Å². The Hall–Kier alpha value is -1.56. The second-order valence-electron chi connectivity index (χ2n) is 5.23. The highest BCUT2D eigenvalue weighted by atomic mass is 79.9. The fraction of sp³-hybridized carbons (Fsp3) is 0.467. The Labute approximate surface area is 133 Å². The van der Waals surface area contributed by atoms with Gasteiger partial charge in [0.1, 0.15) is 11.3 Å². The van der Waals surface area contributed by atoms with E-state index >= 15 is 0 Å². The molecule has 0 aliphatic heterocycles. The van der Waals surface area contributed by atoms with Crippen LogP contribution in [0.5, 0.6) is 5.75 Å². The maximum Gasteiger partial charge on any atom is 0.342 e. The largest absolute Gasteiger partial charge is 0.507 e. The van der Waals surface area contributed by atoms with Gasteiger partial charge < -0.3 is 14.7 Å². The van der Waals surface area contributed by atoms with Crippen molar-refractivity contribution in [3.05, 3.63) is 28.2 Å². The number of benzene rings is 1. The summed E-state index contributed by atoms with van der Waals surface area (Å²) < 4.78 is 5.64. The zero-order chi connectivity index (χ0) is 16.2. The minimum atomic E-state index is -0.727. The minimum absolute atomic E-state index is 0.0236. The molecule has 5 nitrogen and oxygen atoms in total. The second-order valence-corrected chi connectivity index (χ2v) is 6.14. The van der Waals surface area contributed by atoms with E-state index in [0.717, 1.165) is 0 Å². The Morgan fingerprint density at radius 1 is 1.24 bits per heavy atom. The SMILES string of the molecule is CC(C)N(C(=O)COC(=O)c1cc(Br)ccc1O)C(C)C. The van der Waals surface area contributed by atoms with Gasteiger partial charge in [0.25, 0.3) is 5.91 Å². The highest BCUT2D eigenvalue weighted by Gasteiger charge is 2.22. The van der Waals surface area contributed by atoms with Crippen molar-refractivity contribution in [1.29, 1.82) is 0 Å². The summed E-state index contributed by atoms with van der Waals surface area (Å²) in [6.45, 7) is 7.26. The van der Waals surface area contributed by atoms with Crippen LogP contribution in [0.3, 0.4) is 0 Å². The van der Waals surface area contributed by atoms with Gasteiger partial charge in [0.05, 0.1) is 0 Å². The summed E-state index contributed by atoms with van der Waals surface area (Å²) in [5.41, 5.74) is 0.0258. The molecule has 1 aromatic rings. The summed E-state index contributed by atoms with van der Waals surface area (Å²) in [7, 11) is 0. The number of carbonyl (C=O) groups excluding carboxylic acids is 2. The molecule has 0 heterocycles. The zero-order valence-electron chi connectivity index (χ0n) is 12.6. The van der Waals surface area contributed by atoms with Gasteiger partial charge in [-0.2, -0.15) is 0 Å². The predicted octanol–water partition coefficient (Wildman–Crippen LogP) is 2.96. The van der Waals surface area contributed by atoms with E-state index in [2.05, 4.69) is 15.9 Å². The number of hydrogen-bond donors (Lipinski definition) is 1. The van der Waals surface area contributed by atoms with Crippen LogP contribution >= 0.6 is 15.9 Å². The summed E-state index contributed by atoms with van der Waals surface area (Å²) in [5, 5.41) is 9.64. The first-order valence-electron chi connectivity index (χ1n) is 6.70. The van der Waals surface area contributed by atoms with Gasteiger partial charge in [0.15, 0.2) is 6.61 Å². The van der Waals surface area contributed by atoms with Gasteiger partial charge in [-0.3, -0.25) is 4.79 Å². The van der Waals surface area contributed by atoms with E-state index in [1.807, 2.05) is 27.7 Å². The number of aromatic hydroxyl groups is 1. The van der Waals surface area contributed by atoms with Gasteiger partial charge in [-0.1, -0.05) is 15.9 Å². The average Bonchev–Trinajstić information content (AvgIpc) is 2.38. The number of carbonyl (C=O) groups is 2. The van der Waals surface area contributed by atoms with Gasteiger partial charge in [0, 0.05) is 16.6 Å². The third-order valence-corrected chi connectivity index (χ3v) is 3.40. The van der Waals surface area contributed by atoms with E-state index < -0.39 is 5.97 Å². The van der Waals surface area contributed by atoms with Crippen molar-refractivity contribution in [2.45, 2.75) is 39.8 Å². The van der Waals surface area contributed by atoms with Crippen molar-refractivity contribution in [1.82, 2.24) is 4.90 Å². The van der Waals surface area contributed by atoms with Crippen LogP contribution in [0.2, 0.25) is 0 Å². The maximum absolute atomic E-state index is 12.1. The lowest BCUT2D eigenvalue weighted by molar-refractivity contribution is -0.138. The molecule has 0 bridgehead atoms. The summed E-state index contributed by atoms with van der Waals surface area (Å²) in [4.78, 5) is 25.6. The number of ether oxygens (including phenoxy) is 1. The van der Waals surface area contributed by atoms with Crippen LogP contribution in [0.4, 0.5) is 0 Å². The summed E-state index contributed by atoms with van der Waals surface area (Å²) in [6.07, 6.45) is 0. The van der Waals surface area contributed by atoms with Crippen molar-refractivity contribution in [3.8, 4) is 5.75 Å².